The van der Waals surface area contributed by atoms with E-state index in [9.17, 15) is 0 Å². The second-order valence-electron chi connectivity index (χ2n) is 2.21. The molecular formula is C9H12N2. The summed E-state index contributed by atoms with van der Waals surface area (Å²) in [4.78, 5) is 6.18. The average molecular weight is 148 g/mol. The SMILES string of the molecule is C=CC1=NC=CCN1/C=C\C. The Morgan fingerprint density at radius 1 is 1.73 bits per heavy atom. The van der Waals surface area contributed by atoms with E-state index in [4.69, 9.17) is 0 Å². The van der Waals surface area contributed by atoms with Crippen molar-refractivity contribution in [3.05, 3.63) is 37.2 Å². The molecule has 0 spiro atoms. The summed E-state index contributed by atoms with van der Waals surface area (Å²) in [5.41, 5.74) is 0. The zero-order valence-corrected chi connectivity index (χ0v) is 6.70. The summed E-state index contributed by atoms with van der Waals surface area (Å²) in [5.74, 6) is 0.908. The fourth-order valence-electron chi connectivity index (χ4n) is 0.945. The van der Waals surface area contributed by atoms with Crippen LogP contribution in [0.4, 0.5) is 0 Å². The van der Waals surface area contributed by atoms with Gasteiger partial charge in [-0.2, -0.15) is 0 Å². The normalized spacial score (nSPS) is 17.2. The number of aliphatic imine (C=N–C) groups is 1. The van der Waals surface area contributed by atoms with Gasteiger partial charge >= 0.3 is 0 Å². The van der Waals surface area contributed by atoms with E-state index in [1.54, 1.807) is 12.3 Å². The molecule has 1 heterocycles. The minimum atomic E-state index is 0.884. The molecule has 11 heavy (non-hydrogen) atoms. The predicted octanol–water partition coefficient (Wildman–Crippen LogP) is 1.93. The third-order valence-electron chi connectivity index (χ3n) is 1.42. The van der Waals surface area contributed by atoms with E-state index in [0.717, 1.165) is 12.4 Å². The van der Waals surface area contributed by atoms with Crippen molar-refractivity contribution in [1.82, 2.24) is 4.90 Å². The van der Waals surface area contributed by atoms with Gasteiger partial charge in [0.15, 0.2) is 0 Å². The lowest BCUT2D eigenvalue weighted by Crippen LogP contribution is -2.25. The third-order valence-corrected chi connectivity index (χ3v) is 1.42. The molecule has 0 aromatic rings. The van der Waals surface area contributed by atoms with Gasteiger partial charge in [-0.3, -0.25) is 0 Å². The maximum Gasteiger partial charge on any atom is 0.132 e. The van der Waals surface area contributed by atoms with Crippen molar-refractivity contribution in [3.8, 4) is 0 Å². The molecule has 0 bridgehead atoms. The highest BCUT2D eigenvalue weighted by molar-refractivity contribution is 5.94. The number of hydrogen-bond acceptors (Lipinski definition) is 2. The summed E-state index contributed by atoms with van der Waals surface area (Å²) in [6.45, 7) is 6.55. The highest BCUT2D eigenvalue weighted by atomic mass is 15.2. The molecule has 0 aliphatic carbocycles. The van der Waals surface area contributed by atoms with E-state index in [-0.39, 0.29) is 0 Å². The van der Waals surface area contributed by atoms with Gasteiger partial charge in [-0.25, -0.2) is 4.99 Å². The average Bonchev–Trinajstić information content (AvgIpc) is 2.06. The molecule has 1 rings (SSSR count). The molecule has 0 saturated heterocycles. The quantitative estimate of drug-likeness (QED) is 0.584. The molecule has 0 fully saturated rings. The van der Waals surface area contributed by atoms with Crippen molar-refractivity contribution >= 4 is 5.84 Å². The maximum atomic E-state index is 4.14. The summed E-state index contributed by atoms with van der Waals surface area (Å²) in [7, 11) is 0. The minimum Gasteiger partial charge on any atom is -0.330 e. The molecule has 2 heteroatoms. The van der Waals surface area contributed by atoms with Gasteiger partial charge in [0.1, 0.15) is 5.84 Å². The monoisotopic (exact) mass is 148 g/mol. The Morgan fingerprint density at radius 2 is 2.55 bits per heavy atom. The molecule has 0 atom stereocenters. The first-order valence-corrected chi connectivity index (χ1v) is 3.63. The molecule has 58 valence electrons. The van der Waals surface area contributed by atoms with Gasteiger partial charge in [-0.05, 0) is 19.1 Å². The van der Waals surface area contributed by atoms with Crippen LogP contribution in [0.3, 0.4) is 0 Å². The van der Waals surface area contributed by atoms with Crippen molar-refractivity contribution in [2.45, 2.75) is 6.92 Å². The highest BCUT2D eigenvalue weighted by Gasteiger charge is 2.03. The molecule has 2 nitrogen and oxygen atoms in total. The van der Waals surface area contributed by atoms with E-state index in [1.165, 1.54) is 0 Å². The van der Waals surface area contributed by atoms with Crippen molar-refractivity contribution in [3.63, 3.8) is 0 Å². The maximum absolute atomic E-state index is 4.14. The van der Waals surface area contributed by atoms with Gasteiger partial charge in [0.05, 0.1) is 0 Å². The van der Waals surface area contributed by atoms with Crippen molar-refractivity contribution < 1.29 is 0 Å². The van der Waals surface area contributed by atoms with E-state index in [0.29, 0.717) is 0 Å². The molecule has 0 unspecified atom stereocenters. The molecule has 0 aromatic heterocycles. The van der Waals surface area contributed by atoms with E-state index >= 15 is 0 Å². The first-order chi connectivity index (χ1) is 5.38. The fourth-order valence-corrected chi connectivity index (χ4v) is 0.945. The molecule has 1 aliphatic heterocycles. The Hall–Kier alpha value is -1.31. The molecule has 0 amide bonds. The lowest BCUT2D eigenvalue weighted by molar-refractivity contribution is 0.616. The van der Waals surface area contributed by atoms with E-state index in [2.05, 4.69) is 11.6 Å². The standard InChI is InChI=1S/C9H12N2/c1-3-7-11-8-5-6-10-9(11)4-2/h3-7H,2,8H2,1H3/b7-3-. The first-order valence-electron chi connectivity index (χ1n) is 3.63. The van der Waals surface area contributed by atoms with Gasteiger partial charge < -0.3 is 4.90 Å². The smallest absolute Gasteiger partial charge is 0.132 e. The van der Waals surface area contributed by atoms with Gasteiger partial charge in [0, 0.05) is 18.9 Å². The van der Waals surface area contributed by atoms with Gasteiger partial charge in [0.2, 0.25) is 0 Å². The molecule has 0 aromatic carbocycles. The fraction of sp³-hybridized carbons (Fsp3) is 0.222. The Balaban J connectivity index is 2.75. The van der Waals surface area contributed by atoms with Crippen LogP contribution < -0.4 is 0 Å². The Morgan fingerprint density at radius 3 is 3.18 bits per heavy atom. The predicted molar refractivity (Wildman–Crippen MR) is 48.3 cm³/mol. The Bertz CT molecular complexity index is 224. The Labute approximate surface area is 67.2 Å². The number of amidine groups is 1. The van der Waals surface area contributed by atoms with Crippen LogP contribution in [0.2, 0.25) is 0 Å². The van der Waals surface area contributed by atoms with Crippen LogP contribution in [0.1, 0.15) is 6.92 Å². The van der Waals surface area contributed by atoms with Crippen LogP contribution in [-0.4, -0.2) is 17.3 Å². The van der Waals surface area contributed by atoms with E-state index in [1.807, 2.05) is 30.2 Å². The highest BCUT2D eigenvalue weighted by Crippen LogP contribution is 2.01. The molecular weight excluding hydrogens is 136 g/mol. The summed E-state index contributed by atoms with van der Waals surface area (Å²) in [6.07, 6.45) is 9.54. The Kier molecular flexibility index (Phi) is 2.66. The van der Waals surface area contributed by atoms with Crippen LogP contribution in [0.5, 0.6) is 0 Å². The van der Waals surface area contributed by atoms with Crippen LogP contribution in [0.25, 0.3) is 0 Å². The van der Waals surface area contributed by atoms with Crippen LogP contribution in [0.15, 0.2) is 42.2 Å². The number of nitrogens with zero attached hydrogens (tertiary/aromatic N) is 2. The van der Waals surface area contributed by atoms with Gasteiger partial charge in [-0.15, -0.1) is 0 Å². The van der Waals surface area contributed by atoms with Crippen molar-refractivity contribution in [2.75, 3.05) is 6.54 Å². The second-order valence-corrected chi connectivity index (χ2v) is 2.21. The molecule has 0 saturated carbocycles. The van der Waals surface area contributed by atoms with Crippen molar-refractivity contribution in [2.24, 2.45) is 4.99 Å². The van der Waals surface area contributed by atoms with Crippen molar-refractivity contribution in [1.29, 1.82) is 0 Å². The summed E-state index contributed by atoms with van der Waals surface area (Å²) >= 11 is 0. The second kappa shape index (κ2) is 3.76. The molecule has 0 N–H and O–H groups in total. The van der Waals surface area contributed by atoms with E-state index < -0.39 is 0 Å². The summed E-state index contributed by atoms with van der Waals surface area (Å²) in [5, 5.41) is 0. The number of hydrogen-bond donors (Lipinski definition) is 0. The topological polar surface area (TPSA) is 15.6 Å². The summed E-state index contributed by atoms with van der Waals surface area (Å²) < 4.78 is 0. The minimum absolute atomic E-state index is 0.884. The molecule has 1 aliphatic rings. The zero-order valence-electron chi connectivity index (χ0n) is 6.70. The van der Waals surface area contributed by atoms with Crippen LogP contribution >= 0.6 is 0 Å². The first kappa shape index (κ1) is 7.79. The van der Waals surface area contributed by atoms with Gasteiger partial charge in [0.25, 0.3) is 0 Å². The largest absolute Gasteiger partial charge is 0.330 e. The summed E-state index contributed by atoms with van der Waals surface area (Å²) in [6, 6.07) is 0. The third kappa shape index (κ3) is 1.80. The van der Waals surface area contributed by atoms with Gasteiger partial charge in [-0.1, -0.05) is 12.7 Å². The lowest BCUT2D eigenvalue weighted by atomic mass is 10.4. The number of rotatable bonds is 2. The zero-order chi connectivity index (χ0) is 8.10. The lowest BCUT2D eigenvalue weighted by Gasteiger charge is -2.19. The number of allylic oxidation sites excluding steroid dienone is 1. The van der Waals surface area contributed by atoms with Crippen LogP contribution in [-0.2, 0) is 0 Å². The van der Waals surface area contributed by atoms with Crippen LogP contribution in [0, 0.1) is 0 Å². The molecule has 0 radical (unpaired) electrons.